The van der Waals surface area contributed by atoms with Crippen LogP contribution in [-0.4, -0.2) is 25.2 Å². The van der Waals surface area contributed by atoms with E-state index < -0.39 is 11.9 Å². The lowest BCUT2D eigenvalue weighted by atomic mass is 9.99. The number of rotatable bonds is 13. The van der Waals surface area contributed by atoms with E-state index in [9.17, 15) is 20.1 Å². The van der Waals surface area contributed by atoms with E-state index in [2.05, 4.69) is 9.69 Å². The molecule has 0 N–H and O–H groups in total. The smallest absolute Gasteiger partial charge is 0.338 e. The molecule has 52 heavy (non-hydrogen) atoms. The Balaban J connectivity index is 0.907. The molecule has 0 fully saturated rings. The first kappa shape index (κ1) is 35.1. The molecule has 0 aliphatic heterocycles. The SMILES string of the molecule is [C-]#[N+]C(C#N)=C1c2ccccc2-c2c(C(=O)OCCCCCCCCCCOC(=O)c3cccc4c3-c3ccccc3C4=C(C#N)[N+]#[C-])cccc21. The van der Waals surface area contributed by atoms with E-state index in [1.807, 2.05) is 72.8 Å². The number of hydrogen-bond acceptors (Lipinski definition) is 6. The van der Waals surface area contributed by atoms with Crippen molar-refractivity contribution in [2.45, 2.75) is 51.4 Å². The Morgan fingerprint density at radius 2 is 0.846 bits per heavy atom. The lowest BCUT2D eigenvalue weighted by Gasteiger charge is -2.10. The number of nitriles is 2. The van der Waals surface area contributed by atoms with Crippen LogP contribution in [0.15, 0.2) is 96.3 Å². The predicted molar refractivity (Wildman–Crippen MR) is 198 cm³/mol. The van der Waals surface area contributed by atoms with Crippen LogP contribution in [-0.2, 0) is 9.47 Å². The highest BCUT2D eigenvalue weighted by atomic mass is 16.5. The summed E-state index contributed by atoms with van der Waals surface area (Å²) in [5, 5.41) is 19.1. The van der Waals surface area contributed by atoms with Gasteiger partial charge < -0.3 is 9.47 Å². The quantitative estimate of drug-likeness (QED) is 0.0519. The van der Waals surface area contributed by atoms with Crippen molar-refractivity contribution < 1.29 is 19.1 Å². The van der Waals surface area contributed by atoms with Gasteiger partial charge in [-0.25, -0.2) is 29.8 Å². The lowest BCUT2D eigenvalue weighted by Crippen LogP contribution is -2.08. The zero-order valence-corrected chi connectivity index (χ0v) is 28.6. The zero-order chi connectivity index (χ0) is 36.5. The van der Waals surface area contributed by atoms with Gasteiger partial charge in [0.05, 0.1) is 49.6 Å². The Hall–Kier alpha value is -6.74. The molecule has 0 atom stereocenters. The number of carbonyl (C=O) groups is 2. The Kier molecular flexibility index (Phi) is 11.0. The number of carbonyl (C=O) groups excluding carboxylic acids is 2. The molecule has 0 saturated carbocycles. The van der Waals surface area contributed by atoms with Crippen LogP contribution in [0.1, 0.15) is 94.3 Å². The average molecular weight is 683 g/mol. The summed E-state index contributed by atoms with van der Waals surface area (Å²) in [5.74, 6) is -0.822. The fourth-order valence-electron chi connectivity index (χ4n) is 7.10. The van der Waals surface area contributed by atoms with Gasteiger partial charge in [-0.3, -0.25) is 0 Å². The van der Waals surface area contributed by atoms with Crippen LogP contribution in [0.25, 0.3) is 43.1 Å². The van der Waals surface area contributed by atoms with E-state index in [1.54, 1.807) is 24.3 Å². The van der Waals surface area contributed by atoms with Gasteiger partial charge in [0.15, 0.2) is 0 Å². The predicted octanol–water partition coefficient (Wildman–Crippen LogP) is 10.2. The van der Waals surface area contributed by atoms with Crippen LogP contribution >= 0.6 is 0 Å². The van der Waals surface area contributed by atoms with Crippen molar-refractivity contribution in [2.75, 3.05) is 13.2 Å². The third kappa shape index (κ3) is 6.84. The van der Waals surface area contributed by atoms with E-state index in [0.29, 0.717) is 57.7 Å². The molecule has 0 bridgehead atoms. The van der Waals surface area contributed by atoms with Crippen molar-refractivity contribution in [1.29, 1.82) is 10.5 Å². The molecule has 0 amide bonds. The summed E-state index contributed by atoms with van der Waals surface area (Å²) in [6.07, 6.45) is 7.59. The monoisotopic (exact) mass is 682 g/mol. The van der Waals surface area contributed by atoms with Crippen LogP contribution in [0.4, 0.5) is 0 Å². The first-order chi connectivity index (χ1) is 25.5. The molecule has 0 spiro atoms. The normalized spacial score (nSPS) is 13.5. The minimum absolute atomic E-state index is 0.00118. The van der Waals surface area contributed by atoms with Crippen molar-refractivity contribution in [3.8, 4) is 34.4 Å². The minimum Gasteiger partial charge on any atom is -0.462 e. The summed E-state index contributed by atoms with van der Waals surface area (Å²) >= 11 is 0. The molecular weight excluding hydrogens is 649 g/mol. The third-order valence-corrected chi connectivity index (χ3v) is 9.45. The fraction of sp³-hybridized carbons (Fsp3) is 0.227. The number of hydrogen-bond donors (Lipinski definition) is 0. The van der Waals surface area contributed by atoms with E-state index >= 15 is 0 Å². The maximum atomic E-state index is 13.2. The maximum Gasteiger partial charge on any atom is 0.338 e. The van der Waals surface area contributed by atoms with E-state index in [-0.39, 0.29) is 11.4 Å². The molecule has 0 heterocycles. The first-order valence-corrected chi connectivity index (χ1v) is 17.4. The number of allylic oxidation sites excluding steroid dienone is 2. The highest BCUT2D eigenvalue weighted by Gasteiger charge is 2.31. The van der Waals surface area contributed by atoms with Gasteiger partial charge in [-0.05, 0) is 58.4 Å². The average Bonchev–Trinajstić information content (AvgIpc) is 3.69. The number of benzene rings is 4. The number of esters is 2. The van der Waals surface area contributed by atoms with Crippen LogP contribution in [0.5, 0.6) is 0 Å². The van der Waals surface area contributed by atoms with Crippen LogP contribution in [0.3, 0.4) is 0 Å². The molecule has 6 rings (SSSR count). The maximum absolute atomic E-state index is 13.2. The van der Waals surface area contributed by atoms with E-state index in [4.69, 9.17) is 22.6 Å². The minimum atomic E-state index is -0.411. The van der Waals surface area contributed by atoms with E-state index in [0.717, 1.165) is 73.6 Å². The van der Waals surface area contributed by atoms with Gasteiger partial charge in [0.1, 0.15) is 0 Å². The highest BCUT2D eigenvalue weighted by molar-refractivity contribution is 6.11. The van der Waals surface area contributed by atoms with Crippen LogP contribution in [0.2, 0.25) is 0 Å². The Morgan fingerprint density at radius 1 is 0.500 bits per heavy atom. The second-order valence-corrected chi connectivity index (χ2v) is 12.5. The molecule has 0 saturated heterocycles. The molecule has 254 valence electrons. The number of nitrogens with zero attached hydrogens (tertiary/aromatic N) is 4. The Bertz CT molecular complexity index is 2110. The van der Waals surface area contributed by atoms with Crippen molar-refractivity contribution in [1.82, 2.24) is 0 Å². The second kappa shape index (κ2) is 16.3. The third-order valence-electron chi connectivity index (χ3n) is 9.45. The van der Waals surface area contributed by atoms with Gasteiger partial charge in [-0.15, -0.1) is 0 Å². The van der Waals surface area contributed by atoms with Gasteiger partial charge in [-0.2, -0.15) is 0 Å². The molecule has 0 aromatic heterocycles. The topological polar surface area (TPSA) is 109 Å². The summed E-state index contributed by atoms with van der Waals surface area (Å²) in [6.45, 7) is 15.6. The summed E-state index contributed by atoms with van der Waals surface area (Å²) in [7, 11) is 0. The van der Waals surface area contributed by atoms with Gasteiger partial charge in [0, 0.05) is 22.3 Å². The van der Waals surface area contributed by atoms with Gasteiger partial charge >= 0.3 is 11.9 Å². The molecule has 2 aliphatic rings. The molecular formula is C44H34N4O4. The lowest BCUT2D eigenvalue weighted by molar-refractivity contribution is 0.0488. The number of unbranched alkanes of at least 4 members (excludes halogenated alkanes) is 7. The van der Waals surface area contributed by atoms with Gasteiger partial charge in [0.2, 0.25) is 0 Å². The largest absolute Gasteiger partial charge is 0.462 e. The van der Waals surface area contributed by atoms with Crippen molar-refractivity contribution in [3.05, 3.63) is 153 Å². The zero-order valence-electron chi connectivity index (χ0n) is 28.6. The van der Waals surface area contributed by atoms with Gasteiger partial charge in [0.25, 0.3) is 11.4 Å². The Labute approximate surface area is 303 Å². The first-order valence-electron chi connectivity index (χ1n) is 17.4. The molecule has 4 aromatic carbocycles. The summed E-state index contributed by atoms with van der Waals surface area (Å²) in [5.41, 5.74) is 7.99. The van der Waals surface area contributed by atoms with E-state index in [1.165, 1.54) is 0 Å². The van der Waals surface area contributed by atoms with Gasteiger partial charge in [-0.1, -0.05) is 111 Å². The summed E-state index contributed by atoms with van der Waals surface area (Å²) in [6, 6.07) is 29.7. The standard InChI is InChI=1S/C44H34N4O4/c1-47-37(27-45)41-31-19-11-9-17-29(31)39-33(41)21-15-23-35(39)43(49)51-25-13-7-5-3-4-6-8-14-26-52-44(50)36-24-16-22-34-40(36)30-18-10-12-20-32(30)42(34)38(28-46)48-2/h9-12,15-24H,3-8,13-14,25-26H2. The molecule has 8 heteroatoms. The van der Waals surface area contributed by atoms with Crippen LogP contribution < -0.4 is 0 Å². The fourth-order valence-corrected chi connectivity index (χ4v) is 7.10. The molecule has 0 unspecified atom stereocenters. The highest BCUT2D eigenvalue weighted by Crippen LogP contribution is 2.48. The molecule has 8 nitrogen and oxygen atoms in total. The number of fused-ring (bicyclic) bond motifs is 6. The number of ether oxygens (including phenoxy) is 2. The van der Waals surface area contributed by atoms with Crippen molar-refractivity contribution in [2.24, 2.45) is 0 Å². The second-order valence-electron chi connectivity index (χ2n) is 12.5. The van der Waals surface area contributed by atoms with Crippen molar-refractivity contribution in [3.63, 3.8) is 0 Å². The molecule has 4 aromatic rings. The van der Waals surface area contributed by atoms with Crippen molar-refractivity contribution >= 4 is 23.1 Å². The Morgan fingerprint density at radius 3 is 1.21 bits per heavy atom. The summed E-state index contributed by atoms with van der Waals surface area (Å²) in [4.78, 5) is 33.2. The molecule has 0 radical (unpaired) electrons. The van der Waals surface area contributed by atoms with Crippen LogP contribution in [0, 0.1) is 35.8 Å². The molecule has 2 aliphatic carbocycles. The summed E-state index contributed by atoms with van der Waals surface area (Å²) < 4.78 is 11.3.